The van der Waals surface area contributed by atoms with Crippen LogP contribution in [0.5, 0.6) is 11.5 Å². The number of nitrogens with zero attached hydrogens (tertiary/aromatic N) is 4. The number of aromatic nitrogens is 3. The molecule has 1 aliphatic rings. The summed E-state index contributed by atoms with van der Waals surface area (Å²) in [6, 6.07) is 5.31. The number of carbonyl (C=O) groups is 1. The van der Waals surface area contributed by atoms with Crippen molar-refractivity contribution in [3.05, 3.63) is 34.9 Å². The summed E-state index contributed by atoms with van der Waals surface area (Å²) in [5.41, 5.74) is 0.789. The Bertz CT molecular complexity index is 841. The van der Waals surface area contributed by atoms with Gasteiger partial charge in [-0.05, 0) is 36.0 Å². The molecule has 1 aromatic carbocycles. The molecule has 2 heterocycles. The molecular weight excluding hydrogens is 358 g/mol. The van der Waals surface area contributed by atoms with Crippen LogP contribution in [0.4, 0.5) is 0 Å². The van der Waals surface area contributed by atoms with Crippen molar-refractivity contribution in [1.29, 1.82) is 0 Å². The van der Waals surface area contributed by atoms with Crippen molar-refractivity contribution in [2.24, 2.45) is 5.10 Å². The summed E-state index contributed by atoms with van der Waals surface area (Å²) in [7, 11) is 1.54. The Hall–Kier alpha value is -2.72. The predicted octanol–water partition coefficient (Wildman–Crippen LogP) is 1.07. The highest BCUT2D eigenvalue weighted by Crippen LogP contribution is 2.27. The van der Waals surface area contributed by atoms with E-state index in [4.69, 9.17) is 26.4 Å². The molecule has 1 saturated heterocycles. The lowest BCUT2D eigenvalue weighted by Gasteiger charge is -2.26. The van der Waals surface area contributed by atoms with Crippen LogP contribution in [0.25, 0.3) is 0 Å². The van der Waals surface area contributed by atoms with Crippen molar-refractivity contribution in [3.8, 4) is 11.5 Å². The van der Waals surface area contributed by atoms with Crippen LogP contribution in [0.15, 0.2) is 29.6 Å². The predicted molar refractivity (Wildman–Crippen MR) is 96.3 cm³/mol. The molecular formula is C16H19N5O4S. The maximum atomic E-state index is 12.2. The van der Waals surface area contributed by atoms with Gasteiger partial charge in [0.05, 0.1) is 26.5 Å². The Morgan fingerprint density at radius 2 is 2.23 bits per heavy atom. The third-order valence-corrected chi connectivity index (χ3v) is 4.05. The van der Waals surface area contributed by atoms with Gasteiger partial charge in [-0.2, -0.15) is 14.9 Å². The molecule has 0 bridgehead atoms. The largest absolute Gasteiger partial charge is 0.493 e. The van der Waals surface area contributed by atoms with Crippen molar-refractivity contribution in [2.45, 2.75) is 0 Å². The van der Waals surface area contributed by atoms with Crippen LogP contribution in [0, 0.1) is 4.77 Å². The molecule has 1 aliphatic heterocycles. The highest BCUT2D eigenvalue weighted by molar-refractivity contribution is 7.71. The highest BCUT2D eigenvalue weighted by atomic mass is 32.1. The first-order chi connectivity index (χ1) is 12.7. The van der Waals surface area contributed by atoms with Crippen molar-refractivity contribution < 1.29 is 19.0 Å². The van der Waals surface area contributed by atoms with Crippen LogP contribution in [-0.2, 0) is 9.53 Å². The Balaban J connectivity index is 1.64. The van der Waals surface area contributed by atoms with E-state index in [0.717, 1.165) is 5.56 Å². The van der Waals surface area contributed by atoms with Gasteiger partial charge >= 0.3 is 0 Å². The van der Waals surface area contributed by atoms with Gasteiger partial charge in [0.2, 0.25) is 4.77 Å². The number of rotatable bonds is 6. The molecule has 138 valence electrons. The first-order valence-corrected chi connectivity index (χ1v) is 8.41. The molecule has 0 radical (unpaired) electrons. The number of aromatic amines is 1. The van der Waals surface area contributed by atoms with Crippen LogP contribution < -0.4 is 9.47 Å². The average molecular weight is 377 g/mol. The minimum Gasteiger partial charge on any atom is -0.493 e. The van der Waals surface area contributed by atoms with Gasteiger partial charge in [0.1, 0.15) is 6.33 Å². The molecule has 1 fully saturated rings. The van der Waals surface area contributed by atoms with Crippen molar-refractivity contribution in [1.82, 2.24) is 19.8 Å². The van der Waals surface area contributed by atoms with Gasteiger partial charge in [0, 0.05) is 13.1 Å². The van der Waals surface area contributed by atoms with Crippen molar-refractivity contribution >= 4 is 24.3 Å². The fraction of sp³-hybridized carbons (Fsp3) is 0.375. The van der Waals surface area contributed by atoms with Gasteiger partial charge in [0.25, 0.3) is 5.91 Å². The second-order valence-electron chi connectivity index (χ2n) is 5.44. The SMILES string of the molecule is COc1cc(/C=N\n2cn[nH]c2=S)ccc1OCC(=O)N1CCOCC1. The number of hydrogen-bond donors (Lipinski definition) is 1. The Morgan fingerprint density at radius 3 is 2.92 bits per heavy atom. The van der Waals surface area contributed by atoms with Crippen LogP contribution in [0.3, 0.4) is 0 Å². The molecule has 1 N–H and O–H groups in total. The normalized spacial score (nSPS) is 14.6. The summed E-state index contributed by atoms with van der Waals surface area (Å²) in [6.07, 6.45) is 3.10. The third-order valence-electron chi connectivity index (χ3n) is 3.77. The number of hydrogen-bond acceptors (Lipinski definition) is 7. The van der Waals surface area contributed by atoms with Gasteiger partial charge in [-0.3, -0.25) is 9.89 Å². The molecule has 10 heteroatoms. The Morgan fingerprint density at radius 1 is 1.42 bits per heavy atom. The van der Waals surface area contributed by atoms with Gasteiger partial charge in [0.15, 0.2) is 18.1 Å². The standard InChI is InChI=1S/C16H19N5O4S/c1-23-14-8-12(9-18-21-11-17-19-16(21)26)2-3-13(14)25-10-15(22)20-4-6-24-7-5-20/h2-3,8-9,11H,4-7,10H2,1H3,(H,19,26)/b18-9-. The topological polar surface area (TPSA) is 94.0 Å². The van der Waals surface area contributed by atoms with Gasteiger partial charge in [-0.1, -0.05) is 0 Å². The first kappa shape index (κ1) is 18.1. The molecule has 0 saturated carbocycles. The lowest BCUT2D eigenvalue weighted by Crippen LogP contribution is -2.43. The number of H-pyrrole nitrogens is 1. The fourth-order valence-electron chi connectivity index (χ4n) is 2.38. The number of amides is 1. The summed E-state index contributed by atoms with van der Waals surface area (Å²) >= 11 is 5.03. The lowest BCUT2D eigenvalue weighted by molar-refractivity contribution is -0.137. The molecule has 0 spiro atoms. The smallest absolute Gasteiger partial charge is 0.260 e. The van der Waals surface area contributed by atoms with E-state index in [2.05, 4.69) is 15.3 Å². The van der Waals surface area contributed by atoms with E-state index in [0.29, 0.717) is 42.6 Å². The second kappa shape index (κ2) is 8.59. The van der Waals surface area contributed by atoms with E-state index in [-0.39, 0.29) is 12.5 Å². The summed E-state index contributed by atoms with van der Waals surface area (Å²) in [5.74, 6) is 0.932. The first-order valence-electron chi connectivity index (χ1n) is 8.00. The number of ether oxygens (including phenoxy) is 3. The molecule has 3 rings (SSSR count). The summed E-state index contributed by atoms with van der Waals surface area (Å²) in [5, 5.41) is 10.6. The molecule has 0 unspecified atom stereocenters. The van der Waals surface area contributed by atoms with Gasteiger partial charge < -0.3 is 19.1 Å². The minimum atomic E-state index is -0.0738. The van der Waals surface area contributed by atoms with E-state index >= 15 is 0 Å². The van der Waals surface area contributed by atoms with E-state index in [1.807, 2.05) is 6.07 Å². The average Bonchev–Trinajstić information content (AvgIpc) is 3.10. The summed E-state index contributed by atoms with van der Waals surface area (Å²) in [6.45, 7) is 2.25. The van der Waals surface area contributed by atoms with Crippen molar-refractivity contribution in [2.75, 3.05) is 40.0 Å². The van der Waals surface area contributed by atoms with Crippen molar-refractivity contribution in [3.63, 3.8) is 0 Å². The lowest BCUT2D eigenvalue weighted by atomic mass is 10.2. The highest BCUT2D eigenvalue weighted by Gasteiger charge is 2.18. The summed E-state index contributed by atoms with van der Waals surface area (Å²) < 4.78 is 18.1. The molecule has 1 amide bonds. The zero-order chi connectivity index (χ0) is 18.4. The number of carbonyl (C=O) groups excluding carboxylic acids is 1. The van der Waals surface area contributed by atoms with Crippen LogP contribution in [0.1, 0.15) is 5.56 Å². The zero-order valence-corrected chi connectivity index (χ0v) is 15.1. The molecule has 1 aromatic heterocycles. The molecule has 9 nitrogen and oxygen atoms in total. The summed E-state index contributed by atoms with van der Waals surface area (Å²) in [4.78, 5) is 13.9. The second-order valence-corrected chi connectivity index (χ2v) is 5.83. The van der Waals surface area contributed by atoms with E-state index in [9.17, 15) is 4.79 Å². The number of benzene rings is 1. The Kier molecular flexibility index (Phi) is 5.97. The zero-order valence-electron chi connectivity index (χ0n) is 14.3. The number of morpholine rings is 1. The number of nitrogens with one attached hydrogen (secondary N) is 1. The Labute approximate surface area is 155 Å². The molecule has 2 aromatic rings. The van der Waals surface area contributed by atoms with E-state index < -0.39 is 0 Å². The van der Waals surface area contributed by atoms with E-state index in [1.165, 1.54) is 11.0 Å². The maximum Gasteiger partial charge on any atom is 0.260 e. The molecule has 26 heavy (non-hydrogen) atoms. The molecule has 0 aliphatic carbocycles. The maximum absolute atomic E-state index is 12.2. The minimum absolute atomic E-state index is 0.0476. The third kappa shape index (κ3) is 4.46. The fourth-order valence-corrected chi connectivity index (χ4v) is 2.53. The van der Waals surface area contributed by atoms with Gasteiger partial charge in [-0.25, -0.2) is 0 Å². The number of methoxy groups -OCH3 is 1. The van der Waals surface area contributed by atoms with E-state index in [1.54, 1.807) is 30.4 Å². The quantitative estimate of drug-likeness (QED) is 0.598. The van der Waals surface area contributed by atoms with Crippen LogP contribution in [0.2, 0.25) is 0 Å². The van der Waals surface area contributed by atoms with Gasteiger partial charge in [-0.15, -0.1) is 0 Å². The monoisotopic (exact) mass is 377 g/mol. The molecule has 0 atom stereocenters. The van der Waals surface area contributed by atoms with Crippen LogP contribution in [-0.4, -0.2) is 71.9 Å². The van der Waals surface area contributed by atoms with Crippen LogP contribution >= 0.6 is 12.2 Å².